The molecule has 0 radical (unpaired) electrons. The molecular formula is C14H25N3O. The second-order valence-corrected chi connectivity index (χ2v) is 5.85. The van der Waals surface area contributed by atoms with Gasteiger partial charge in [0.15, 0.2) is 0 Å². The molecule has 1 aromatic rings. The molecule has 1 fully saturated rings. The zero-order valence-electron chi connectivity index (χ0n) is 12.1. The fourth-order valence-corrected chi connectivity index (χ4v) is 2.74. The summed E-state index contributed by atoms with van der Waals surface area (Å²) in [6.07, 6.45) is 5.55. The molecular weight excluding hydrogens is 226 g/mol. The molecule has 3 atom stereocenters. The van der Waals surface area contributed by atoms with Crippen molar-refractivity contribution in [3.05, 3.63) is 18.0 Å². The maximum atomic E-state index is 5.48. The fraction of sp³-hybridized carbons (Fsp3) is 0.786. The predicted molar refractivity (Wildman–Crippen MR) is 72.4 cm³/mol. The predicted octanol–water partition coefficient (Wildman–Crippen LogP) is 2.37. The summed E-state index contributed by atoms with van der Waals surface area (Å²) in [5, 5.41) is 8.02. The number of hydrogen-bond acceptors (Lipinski definition) is 3. The van der Waals surface area contributed by atoms with Crippen LogP contribution in [0.4, 0.5) is 0 Å². The minimum absolute atomic E-state index is 0.212. The number of nitrogens with zero attached hydrogens (tertiary/aromatic N) is 2. The van der Waals surface area contributed by atoms with Gasteiger partial charge in [-0.15, -0.1) is 0 Å². The first kappa shape index (κ1) is 13.6. The SMILES string of the molecule is CCn1cc(C(C)NC2CC(OC)C2(C)C)cn1. The summed E-state index contributed by atoms with van der Waals surface area (Å²) in [6, 6.07) is 0.856. The highest BCUT2D eigenvalue weighted by Crippen LogP contribution is 2.43. The molecule has 4 nitrogen and oxygen atoms in total. The highest BCUT2D eigenvalue weighted by Gasteiger charge is 2.48. The Morgan fingerprint density at radius 2 is 2.33 bits per heavy atom. The molecule has 4 heteroatoms. The molecule has 1 aromatic heterocycles. The molecule has 0 saturated heterocycles. The highest BCUT2D eigenvalue weighted by atomic mass is 16.5. The number of hydrogen-bond donors (Lipinski definition) is 1. The zero-order valence-corrected chi connectivity index (χ0v) is 12.1. The van der Waals surface area contributed by atoms with Crippen LogP contribution in [0.5, 0.6) is 0 Å². The molecule has 3 unspecified atom stereocenters. The van der Waals surface area contributed by atoms with Gasteiger partial charge in [0.25, 0.3) is 0 Å². The summed E-state index contributed by atoms with van der Waals surface area (Å²) < 4.78 is 7.45. The van der Waals surface area contributed by atoms with Crippen LogP contribution < -0.4 is 5.32 Å². The third-order valence-corrected chi connectivity index (χ3v) is 4.39. The second-order valence-electron chi connectivity index (χ2n) is 5.85. The third-order valence-electron chi connectivity index (χ3n) is 4.39. The number of aromatic nitrogens is 2. The molecule has 1 saturated carbocycles. The Kier molecular flexibility index (Phi) is 3.78. The van der Waals surface area contributed by atoms with Crippen molar-refractivity contribution < 1.29 is 4.74 Å². The van der Waals surface area contributed by atoms with Crippen molar-refractivity contribution in [1.29, 1.82) is 0 Å². The lowest BCUT2D eigenvalue weighted by molar-refractivity contribution is -0.0999. The van der Waals surface area contributed by atoms with Gasteiger partial charge in [0.05, 0.1) is 12.3 Å². The summed E-state index contributed by atoms with van der Waals surface area (Å²) in [7, 11) is 1.80. The van der Waals surface area contributed by atoms with E-state index in [0.29, 0.717) is 18.2 Å². The molecule has 0 spiro atoms. The first-order chi connectivity index (χ1) is 8.48. The van der Waals surface area contributed by atoms with Crippen molar-refractivity contribution in [2.24, 2.45) is 5.41 Å². The molecule has 1 aliphatic carbocycles. The molecule has 1 heterocycles. The molecule has 0 aromatic carbocycles. The van der Waals surface area contributed by atoms with Crippen LogP contribution in [0.25, 0.3) is 0 Å². The fourth-order valence-electron chi connectivity index (χ4n) is 2.74. The Labute approximate surface area is 110 Å². The molecule has 102 valence electrons. The van der Waals surface area contributed by atoms with Crippen LogP contribution in [0.15, 0.2) is 12.4 Å². The van der Waals surface area contributed by atoms with Crippen LogP contribution in [0.3, 0.4) is 0 Å². The number of rotatable bonds is 5. The van der Waals surface area contributed by atoms with E-state index in [9.17, 15) is 0 Å². The summed E-state index contributed by atoms with van der Waals surface area (Å²) >= 11 is 0. The van der Waals surface area contributed by atoms with Crippen molar-refractivity contribution in [2.75, 3.05) is 7.11 Å². The first-order valence-electron chi connectivity index (χ1n) is 6.80. The van der Waals surface area contributed by atoms with E-state index in [1.54, 1.807) is 7.11 Å². The van der Waals surface area contributed by atoms with Crippen LogP contribution in [0.2, 0.25) is 0 Å². The van der Waals surface area contributed by atoms with Gasteiger partial charge in [0.1, 0.15) is 0 Å². The maximum absolute atomic E-state index is 5.48. The van der Waals surface area contributed by atoms with E-state index >= 15 is 0 Å². The van der Waals surface area contributed by atoms with E-state index in [1.807, 2.05) is 10.9 Å². The Morgan fingerprint density at radius 3 is 2.83 bits per heavy atom. The lowest BCUT2D eigenvalue weighted by Crippen LogP contribution is -2.60. The lowest BCUT2D eigenvalue weighted by atomic mass is 9.64. The third kappa shape index (κ3) is 2.31. The van der Waals surface area contributed by atoms with E-state index in [1.165, 1.54) is 5.56 Å². The van der Waals surface area contributed by atoms with Crippen LogP contribution in [0, 0.1) is 5.41 Å². The van der Waals surface area contributed by atoms with E-state index in [-0.39, 0.29) is 5.41 Å². The Balaban J connectivity index is 1.94. The monoisotopic (exact) mass is 251 g/mol. The van der Waals surface area contributed by atoms with Gasteiger partial charge in [-0.2, -0.15) is 5.10 Å². The summed E-state index contributed by atoms with van der Waals surface area (Å²) in [5.74, 6) is 0. The Bertz CT molecular complexity index is 399. The molecule has 18 heavy (non-hydrogen) atoms. The minimum atomic E-state index is 0.212. The van der Waals surface area contributed by atoms with Gasteiger partial charge in [0, 0.05) is 42.9 Å². The molecule has 0 aliphatic heterocycles. The van der Waals surface area contributed by atoms with Crippen molar-refractivity contribution in [3.8, 4) is 0 Å². The van der Waals surface area contributed by atoms with Crippen LogP contribution >= 0.6 is 0 Å². The number of methoxy groups -OCH3 is 1. The molecule has 1 N–H and O–H groups in total. The maximum Gasteiger partial charge on any atom is 0.0652 e. The molecule has 2 rings (SSSR count). The van der Waals surface area contributed by atoms with Gasteiger partial charge < -0.3 is 10.1 Å². The number of aryl methyl sites for hydroxylation is 1. The van der Waals surface area contributed by atoms with Gasteiger partial charge >= 0.3 is 0 Å². The summed E-state index contributed by atoms with van der Waals surface area (Å²) in [4.78, 5) is 0. The van der Waals surface area contributed by atoms with Crippen LogP contribution in [-0.4, -0.2) is 29.0 Å². The highest BCUT2D eigenvalue weighted by molar-refractivity contribution is 5.12. The Morgan fingerprint density at radius 1 is 1.61 bits per heavy atom. The van der Waals surface area contributed by atoms with Gasteiger partial charge in [-0.1, -0.05) is 13.8 Å². The van der Waals surface area contributed by atoms with Crippen LogP contribution in [-0.2, 0) is 11.3 Å². The van der Waals surface area contributed by atoms with Crippen molar-refractivity contribution in [2.45, 2.75) is 58.8 Å². The van der Waals surface area contributed by atoms with Crippen LogP contribution in [0.1, 0.15) is 45.7 Å². The van der Waals surface area contributed by atoms with E-state index in [4.69, 9.17) is 4.74 Å². The first-order valence-corrected chi connectivity index (χ1v) is 6.80. The van der Waals surface area contributed by atoms with Gasteiger partial charge in [0.2, 0.25) is 0 Å². The topological polar surface area (TPSA) is 39.1 Å². The minimum Gasteiger partial charge on any atom is -0.381 e. The lowest BCUT2D eigenvalue weighted by Gasteiger charge is -2.52. The van der Waals surface area contributed by atoms with E-state index in [0.717, 1.165) is 13.0 Å². The summed E-state index contributed by atoms with van der Waals surface area (Å²) in [5.41, 5.74) is 1.47. The van der Waals surface area contributed by atoms with Crippen molar-refractivity contribution >= 4 is 0 Å². The largest absolute Gasteiger partial charge is 0.381 e. The normalized spacial score (nSPS) is 27.8. The van der Waals surface area contributed by atoms with Crippen molar-refractivity contribution in [1.82, 2.24) is 15.1 Å². The Hall–Kier alpha value is -0.870. The van der Waals surface area contributed by atoms with Gasteiger partial charge in [-0.05, 0) is 20.3 Å². The quantitative estimate of drug-likeness (QED) is 0.873. The molecule has 0 amide bonds. The average molecular weight is 251 g/mol. The zero-order chi connectivity index (χ0) is 13.3. The van der Waals surface area contributed by atoms with Gasteiger partial charge in [-0.25, -0.2) is 0 Å². The average Bonchev–Trinajstić information content (AvgIpc) is 2.82. The number of nitrogens with one attached hydrogen (secondary N) is 1. The smallest absolute Gasteiger partial charge is 0.0652 e. The van der Waals surface area contributed by atoms with Gasteiger partial charge in [-0.3, -0.25) is 4.68 Å². The number of ether oxygens (including phenoxy) is 1. The second kappa shape index (κ2) is 5.02. The van der Waals surface area contributed by atoms with E-state index in [2.05, 4.69) is 44.3 Å². The summed E-state index contributed by atoms with van der Waals surface area (Å²) in [6.45, 7) is 9.77. The van der Waals surface area contributed by atoms with E-state index < -0.39 is 0 Å². The molecule has 1 aliphatic rings. The standard InChI is InChI=1S/C14H25N3O/c1-6-17-9-11(8-15-17)10(2)16-12-7-13(18-5)14(12,3)4/h8-10,12-13,16H,6-7H2,1-5H3. The molecule has 0 bridgehead atoms. The van der Waals surface area contributed by atoms with Crippen molar-refractivity contribution in [3.63, 3.8) is 0 Å².